The topological polar surface area (TPSA) is 86.9 Å². The summed E-state index contributed by atoms with van der Waals surface area (Å²) in [6.45, 7) is 6.08. The lowest BCUT2D eigenvalue weighted by atomic mass is 9.94. The molecule has 1 aliphatic rings. The fourth-order valence-corrected chi connectivity index (χ4v) is 5.18. The fourth-order valence-electron chi connectivity index (χ4n) is 4.80. The molecular weight excluding hydrogens is 534 g/mol. The highest BCUT2D eigenvalue weighted by Gasteiger charge is 2.44. The minimum absolute atomic E-state index is 0.00241. The number of carbonyl (C=O) groups excluding carboxylic acids is 2. The van der Waals surface area contributed by atoms with Gasteiger partial charge in [0, 0.05) is 47.6 Å². The molecule has 0 fully saturated rings. The van der Waals surface area contributed by atoms with Gasteiger partial charge in [-0.05, 0) is 67.4 Å². The second kappa shape index (κ2) is 10.2. The maximum Gasteiger partial charge on any atom is 0.290 e. The summed E-state index contributed by atoms with van der Waals surface area (Å²) in [6, 6.07) is 17.7. The van der Waals surface area contributed by atoms with Crippen LogP contribution in [0.1, 0.15) is 41.6 Å². The largest absolute Gasteiger partial charge is 0.503 e. The Balaban J connectivity index is 1.58. The molecule has 0 aliphatic carbocycles. The van der Waals surface area contributed by atoms with Gasteiger partial charge in [-0.15, -0.1) is 0 Å². The number of nitrogens with zero attached hydrogens (tertiary/aromatic N) is 3. The molecule has 0 radical (unpaired) electrons. The molecule has 188 valence electrons. The van der Waals surface area contributed by atoms with Gasteiger partial charge in [-0.25, -0.2) is 0 Å². The number of aliphatic hydroxyl groups is 1. The Morgan fingerprint density at radius 1 is 1.11 bits per heavy atom. The number of aromatic nitrogens is 1. The van der Waals surface area contributed by atoms with E-state index < -0.39 is 23.5 Å². The van der Waals surface area contributed by atoms with Crippen molar-refractivity contribution in [3.8, 4) is 0 Å². The number of pyridine rings is 1. The van der Waals surface area contributed by atoms with Crippen LogP contribution in [0.4, 0.5) is 5.69 Å². The van der Waals surface area contributed by atoms with Crippen molar-refractivity contribution in [2.75, 3.05) is 18.0 Å². The molecule has 0 spiro atoms. The molecule has 2 aromatic heterocycles. The molecule has 3 heterocycles. The standard InChI is InChI=1S/C29H26BrN3O4/c1-3-32(4-2)22-10-7-19(8-11-22)26-25(27(34)24-15-20-14-21(30)9-12-23(20)37-24)28(35)29(36)33(26)17-18-6-5-13-31-16-18/h5-16,26,35H,3-4,17H2,1-2H3. The number of hydrogen-bond donors (Lipinski definition) is 1. The van der Waals surface area contributed by atoms with E-state index in [1.54, 1.807) is 30.6 Å². The number of Topliss-reactive ketones (excluding diaryl/α,β-unsaturated/α-hetero) is 1. The van der Waals surface area contributed by atoms with Crippen LogP contribution in [-0.2, 0) is 11.3 Å². The summed E-state index contributed by atoms with van der Waals surface area (Å²) < 4.78 is 6.69. The summed E-state index contributed by atoms with van der Waals surface area (Å²) in [5, 5.41) is 11.7. The highest BCUT2D eigenvalue weighted by Crippen LogP contribution is 2.41. The highest BCUT2D eigenvalue weighted by atomic mass is 79.9. The third kappa shape index (κ3) is 4.64. The van der Waals surface area contributed by atoms with Crippen molar-refractivity contribution in [3.63, 3.8) is 0 Å². The van der Waals surface area contributed by atoms with E-state index in [2.05, 4.69) is 39.7 Å². The molecule has 4 aromatic rings. The smallest absolute Gasteiger partial charge is 0.290 e. The van der Waals surface area contributed by atoms with Crippen molar-refractivity contribution < 1.29 is 19.1 Å². The quantitative estimate of drug-likeness (QED) is 0.258. The first-order chi connectivity index (χ1) is 17.9. The summed E-state index contributed by atoms with van der Waals surface area (Å²) in [5.41, 5.74) is 3.10. The zero-order valence-corrected chi connectivity index (χ0v) is 22.1. The molecule has 1 atom stereocenters. The number of amides is 1. The van der Waals surface area contributed by atoms with Crippen molar-refractivity contribution >= 4 is 44.3 Å². The zero-order chi connectivity index (χ0) is 26.1. The summed E-state index contributed by atoms with van der Waals surface area (Å²) >= 11 is 3.43. The van der Waals surface area contributed by atoms with Crippen LogP contribution < -0.4 is 4.90 Å². The van der Waals surface area contributed by atoms with Crippen LogP contribution in [0.2, 0.25) is 0 Å². The molecule has 5 rings (SSSR count). The third-order valence-electron chi connectivity index (χ3n) is 6.66. The van der Waals surface area contributed by atoms with Crippen molar-refractivity contribution in [1.29, 1.82) is 0 Å². The first-order valence-electron chi connectivity index (χ1n) is 12.1. The van der Waals surface area contributed by atoms with Gasteiger partial charge in [-0.3, -0.25) is 14.6 Å². The zero-order valence-electron chi connectivity index (χ0n) is 20.5. The molecule has 2 aromatic carbocycles. The summed E-state index contributed by atoms with van der Waals surface area (Å²) in [6.07, 6.45) is 3.32. The second-order valence-corrected chi connectivity index (χ2v) is 9.76. The Kier molecular flexibility index (Phi) is 6.84. The molecule has 8 heteroatoms. The number of rotatable bonds is 8. The predicted molar refractivity (Wildman–Crippen MR) is 145 cm³/mol. The number of carbonyl (C=O) groups is 2. The van der Waals surface area contributed by atoms with Gasteiger partial charge in [0.25, 0.3) is 5.91 Å². The molecule has 1 unspecified atom stereocenters. The Labute approximate surface area is 223 Å². The Hall–Kier alpha value is -3.91. The van der Waals surface area contributed by atoms with E-state index in [1.807, 2.05) is 42.5 Å². The fraction of sp³-hybridized carbons (Fsp3) is 0.207. The molecule has 1 amide bonds. The van der Waals surface area contributed by atoms with Crippen LogP contribution in [0, 0.1) is 0 Å². The van der Waals surface area contributed by atoms with Gasteiger partial charge in [0.05, 0.1) is 11.6 Å². The number of fused-ring (bicyclic) bond motifs is 1. The molecular formula is C29H26BrN3O4. The van der Waals surface area contributed by atoms with Gasteiger partial charge in [-0.2, -0.15) is 0 Å². The monoisotopic (exact) mass is 559 g/mol. The van der Waals surface area contributed by atoms with Gasteiger partial charge in [-0.1, -0.05) is 34.1 Å². The first-order valence-corrected chi connectivity index (χ1v) is 12.9. The first kappa shape index (κ1) is 24.8. The molecule has 0 saturated carbocycles. The van der Waals surface area contributed by atoms with E-state index >= 15 is 0 Å². The van der Waals surface area contributed by atoms with E-state index in [0.717, 1.165) is 39.8 Å². The molecule has 1 aliphatic heterocycles. The number of ketones is 1. The van der Waals surface area contributed by atoms with E-state index in [9.17, 15) is 14.7 Å². The summed E-state index contributed by atoms with van der Waals surface area (Å²) in [7, 11) is 0. The molecule has 7 nitrogen and oxygen atoms in total. The van der Waals surface area contributed by atoms with Crippen molar-refractivity contribution in [3.05, 3.63) is 106 Å². The maximum atomic E-state index is 13.8. The lowest BCUT2D eigenvalue weighted by Gasteiger charge is -2.27. The average Bonchev–Trinajstić information content (AvgIpc) is 3.44. The van der Waals surface area contributed by atoms with Gasteiger partial charge >= 0.3 is 0 Å². The number of furan rings is 1. The second-order valence-electron chi connectivity index (χ2n) is 8.84. The van der Waals surface area contributed by atoms with Crippen LogP contribution in [0.15, 0.2) is 93.3 Å². The number of benzene rings is 2. The number of anilines is 1. The minimum atomic E-state index is -0.786. The third-order valence-corrected chi connectivity index (χ3v) is 7.16. The SMILES string of the molecule is CCN(CC)c1ccc(C2C(C(=O)c3cc4cc(Br)ccc4o3)=C(O)C(=O)N2Cc2cccnc2)cc1. The van der Waals surface area contributed by atoms with Crippen molar-refractivity contribution in [2.24, 2.45) is 0 Å². The number of hydrogen-bond acceptors (Lipinski definition) is 6. The predicted octanol–water partition coefficient (Wildman–Crippen LogP) is 6.22. The van der Waals surface area contributed by atoms with Crippen LogP contribution in [-0.4, -0.2) is 39.8 Å². The van der Waals surface area contributed by atoms with Crippen molar-refractivity contribution in [1.82, 2.24) is 9.88 Å². The Morgan fingerprint density at radius 3 is 2.54 bits per heavy atom. The molecule has 0 saturated heterocycles. The summed E-state index contributed by atoms with van der Waals surface area (Å²) in [4.78, 5) is 35.0. The highest BCUT2D eigenvalue weighted by molar-refractivity contribution is 9.10. The minimum Gasteiger partial charge on any atom is -0.503 e. The van der Waals surface area contributed by atoms with Crippen LogP contribution in [0.3, 0.4) is 0 Å². The number of halogens is 1. The lowest BCUT2D eigenvalue weighted by molar-refractivity contribution is -0.130. The van der Waals surface area contributed by atoms with E-state index in [4.69, 9.17) is 4.42 Å². The Bertz CT molecular complexity index is 1490. The van der Waals surface area contributed by atoms with Gasteiger partial charge < -0.3 is 19.3 Å². The van der Waals surface area contributed by atoms with E-state index in [0.29, 0.717) is 5.58 Å². The van der Waals surface area contributed by atoms with E-state index in [1.165, 1.54) is 4.90 Å². The maximum absolute atomic E-state index is 13.8. The molecule has 37 heavy (non-hydrogen) atoms. The van der Waals surface area contributed by atoms with Crippen molar-refractivity contribution in [2.45, 2.75) is 26.4 Å². The van der Waals surface area contributed by atoms with Gasteiger partial charge in [0.1, 0.15) is 5.58 Å². The average molecular weight is 560 g/mol. The van der Waals surface area contributed by atoms with E-state index in [-0.39, 0.29) is 17.9 Å². The molecule has 0 bridgehead atoms. The number of aliphatic hydroxyl groups excluding tert-OH is 1. The summed E-state index contributed by atoms with van der Waals surface area (Å²) in [5.74, 6) is -1.63. The normalized spacial score (nSPS) is 15.6. The van der Waals surface area contributed by atoms with Gasteiger partial charge in [0.15, 0.2) is 11.5 Å². The lowest BCUT2D eigenvalue weighted by Crippen LogP contribution is -2.30. The van der Waals surface area contributed by atoms with Crippen LogP contribution >= 0.6 is 15.9 Å². The molecule has 1 N–H and O–H groups in total. The van der Waals surface area contributed by atoms with Gasteiger partial charge in [0.2, 0.25) is 5.78 Å². The van der Waals surface area contributed by atoms with Crippen LogP contribution in [0.25, 0.3) is 11.0 Å². The van der Waals surface area contributed by atoms with Crippen LogP contribution in [0.5, 0.6) is 0 Å². The Morgan fingerprint density at radius 2 is 1.86 bits per heavy atom.